The second-order valence-corrected chi connectivity index (χ2v) is 2.14. The van der Waals surface area contributed by atoms with Gasteiger partial charge in [0.1, 0.15) is 5.82 Å². The van der Waals surface area contributed by atoms with E-state index in [0.717, 1.165) is 5.52 Å². The van der Waals surface area contributed by atoms with Crippen molar-refractivity contribution in [3.05, 3.63) is 30.5 Å². The van der Waals surface area contributed by atoms with Crippen LogP contribution in [-0.4, -0.2) is 9.61 Å². The number of nitrogen functional groups attached to an aromatic ring is 1. The molecule has 0 spiro atoms. The summed E-state index contributed by atoms with van der Waals surface area (Å²) < 4.78 is 1.75. The minimum Gasteiger partial charge on any atom is -0.382 e. The molecule has 0 fully saturated rings. The van der Waals surface area contributed by atoms with Crippen molar-refractivity contribution in [2.75, 3.05) is 5.73 Å². The number of pyridine rings is 1. The lowest BCUT2D eigenvalue weighted by molar-refractivity contribution is 0.968. The molecule has 0 aliphatic carbocycles. The van der Waals surface area contributed by atoms with Crippen molar-refractivity contribution < 1.29 is 0 Å². The maximum Gasteiger partial charge on any atom is 0.146 e. The summed E-state index contributed by atoms with van der Waals surface area (Å²) in [6.45, 7) is 0. The fraction of sp³-hybridized carbons (Fsp3) is 0. The molecule has 2 aromatic rings. The molecule has 0 radical (unpaired) electrons. The molecular weight excluding hydrogens is 162 g/mol. The van der Waals surface area contributed by atoms with Gasteiger partial charge in [-0.1, -0.05) is 6.07 Å². The first kappa shape index (κ1) is 7.88. The second kappa shape index (κ2) is 2.80. The Morgan fingerprint density at radius 2 is 2.18 bits per heavy atom. The SMILES string of the molecule is Cl.Nc1cc2ccccn2n1. The first-order valence-corrected chi connectivity index (χ1v) is 3.06. The number of halogens is 1. The second-order valence-electron chi connectivity index (χ2n) is 2.14. The molecule has 0 saturated carbocycles. The van der Waals surface area contributed by atoms with Gasteiger partial charge in [0.05, 0.1) is 5.52 Å². The molecule has 2 heterocycles. The van der Waals surface area contributed by atoms with E-state index in [1.807, 2.05) is 30.5 Å². The number of anilines is 1. The van der Waals surface area contributed by atoms with Crippen LogP contribution in [0.15, 0.2) is 30.5 Å². The van der Waals surface area contributed by atoms with Crippen LogP contribution >= 0.6 is 12.4 Å². The highest BCUT2D eigenvalue weighted by Crippen LogP contribution is 2.05. The molecule has 0 unspecified atom stereocenters. The number of nitrogens with two attached hydrogens (primary N) is 1. The zero-order valence-electron chi connectivity index (χ0n) is 5.77. The lowest BCUT2D eigenvalue weighted by atomic mass is 10.4. The van der Waals surface area contributed by atoms with Crippen molar-refractivity contribution in [3.63, 3.8) is 0 Å². The number of aromatic nitrogens is 2. The molecule has 0 aromatic carbocycles. The Bertz CT molecular complexity index is 322. The van der Waals surface area contributed by atoms with Crippen LogP contribution in [0.3, 0.4) is 0 Å². The summed E-state index contributed by atoms with van der Waals surface area (Å²) in [5, 5.41) is 4.01. The standard InChI is InChI=1S/C7H7N3.ClH/c8-7-5-6-3-1-2-4-10(6)9-7;/h1-5H,(H2,8,9);1H. The van der Waals surface area contributed by atoms with Gasteiger partial charge in [-0.25, -0.2) is 4.52 Å². The van der Waals surface area contributed by atoms with Crippen LogP contribution in [0.25, 0.3) is 5.52 Å². The Morgan fingerprint density at radius 3 is 2.91 bits per heavy atom. The average molecular weight is 170 g/mol. The van der Waals surface area contributed by atoms with Gasteiger partial charge in [-0.05, 0) is 12.1 Å². The van der Waals surface area contributed by atoms with Crippen LogP contribution in [0.1, 0.15) is 0 Å². The van der Waals surface area contributed by atoms with Crippen molar-refractivity contribution in [1.82, 2.24) is 9.61 Å². The highest BCUT2D eigenvalue weighted by Gasteiger charge is 1.92. The quantitative estimate of drug-likeness (QED) is 0.647. The third-order valence-electron chi connectivity index (χ3n) is 1.39. The van der Waals surface area contributed by atoms with Crippen molar-refractivity contribution in [3.8, 4) is 0 Å². The summed E-state index contributed by atoms with van der Waals surface area (Å²) in [6.07, 6.45) is 1.87. The molecule has 4 heteroatoms. The van der Waals surface area contributed by atoms with E-state index in [4.69, 9.17) is 5.73 Å². The van der Waals surface area contributed by atoms with E-state index in [9.17, 15) is 0 Å². The Balaban J connectivity index is 0.000000605. The van der Waals surface area contributed by atoms with Crippen LogP contribution < -0.4 is 5.73 Å². The van der Waals surface area contributed by atoms with E-state index in [2.05, 4.69) is 5.10 Å². The van der Waals surface area contributed by atoms with Gasteiger partial charge in [0.25, 0.3) is 0 Å². The molecule has 0 aliphatic rings. The number of fused-ring (bicyclic) bond motifs is 1. The van der Waals surface area contributed by atoms with Gasteiger partial charge in [-0.2, -0.15) is 5.10 Å². The first-order valence-electron chi connectivity index (χ1n) is 3.06. The number of hydrogen-bond acceptors (Lipinski definition) is 2. The van der Waals surface area contributed by atoms with Crippen molar-refractivity contribution in [2.45, 2.75) is 0 Å². The molecule has 2 rings (SSSR count). The van der Waals surface area contributed by atoms with Crippen LogP contribution in [-0.2, 0) is 0 Å². The molecule has 0 amide bonds. The lowest BCUT2D eigenvalue weighted by Crippen LogP contribution is -1.87. The van der Waals surface area contributed by atoms with E-state index in [1.54, 1.807) is 4.52 Å². The van der Waals surface area contributed by atoms with E-state index in [0.29, 0.717) is 5.82 Å². The Labute approximate surface area is 70.2 Å². The number of rotatable bonds is 0. The first-order chi connectivity index (χ1) is 4.86. The predicted octanol–water partition coefficient (Wildman–Crippen LogP) is 1.34. The molecular formula is C7H8ClN3. The summed E-state index contributed by atoms with van der Waals surface area (Å²) in [7, 11) is 0. The van der Waals surface area contributed by atoms with Crippen LogP contribution in [0.5, 0.6) is 0 Å². The topological polar surface area (TPSA) is 43.3 Å². The Kier molecular flexibility index (Phi) is 2.01. The Hall–Kier alpha value is -1.22. The van der Waals surface area contributed by atoms with Gasteiger partial charge >= 0.3 is 0 Å². The molecule has 0 saturated heterocycles. The lowest BCUT2D eigenvalue weighted by Gasteiger charge is -1.86. The molecule has 0 bridgehead atoms. The molecule has 0 atom stereocenters. The third kappa shape index (κ3) is 1.28. The molecule has 3 nitrogen and oxygen atoms in total. The number of nitrogens with zero attached hydrogens (tertiary/aromatic N) is 2. The highest BCUT2D eigenvalue weighted by molar-refractivity contribution is 5.85. The van der Waals surface area contributed by atoms with Crippen molar-refractivity contribution in [2.24, 2.45) is 0 Å². The van der Waals surface area contributed by atoms with E-state index >= 15 is 0 Å². The molecule has 58 valence electrons. The molecule has 2 N–H and O–H groups in total. The fourth-order valence-electron chi connectivity index (χ4n) is 0.958. The maximum absolute atomic E-state index is 5.46. The van der Waals surface area contributed by atoms with Gasteiger partial charge in [0.15, 0.2) is 0 Å². The van der Waals surface area contributed by atoms with Crippen molar-refractivity contribution >= 4 is 23.7 Å². The maximum atomic E-state index is 5.46. The fourth-order valence-corrected chi connectivity index (χ4v) is 0.958. The predicted molar refractivity (Wildman–Crippen MR) is 46.9 cm³/mol. The van der Waals surface area contributed by atoms with Gasteiger partial charge in [-0.3, -0.25) is 0 Å². The minimum absolute atomic E-state index is 0. The summed E-state index contributed by atoms with van der Waals surface area (Å²) in [4.78, 5) is 0. The van der Waals surface area contributed by atoms with Crippen LogP contribution in [0.4, 0.5) is 5.82 Å². The smallest absolute Gasteiger partial charge is 0.146 e. The van der Waals surface area contributed by atoms with E-state index in [1.165, 1.54) is 0 Å². The largest absolute Gasteiger partial charge is 0.382 e. The minimum atomic E-state index is 0. The summed E-state index contributed by atoms with van der Waals surface area (Å²) in [5.74, 6) is 0.561. The summed E-state index contributed by atoms with van der Waals surface area (Å²) >= 11 is 0. The number of hydrogen-bond donors (Lipinski definition) is 1. The monoisotopic (exact) mass is 169 g/mol. The van der Waals surface area contributed by atoms with Gasteiger partial charge in [-0.15, -0.1) is 12.4 Å². The zero-order valence-corrected chi connectivity index (χ0v) is 6.58. The Morgan fingerprint density at radius 1 is 1.36 bits per heavy atom. The highest BCUT2D eigenvalue weighted by atomic mass is 35.5. The zero-order chi connectivity index (χ0) is 6.97. The van der Waals surface area contributed by atoms with Gasteiger partial charge in [0, 0.05) is 12.3 Å². The third-order valence-corrected chi connectivity index (χ3v) is 1.39. The molecule has 0 aliphatic heterocycles. The van der Waals surface area contributed by atoms with Crippen molar-refractivity contribution in [1.29, 1.82) is 0 Å². The summed E-state index contributed by atoms with van der Waals surface area (Å²) in [5.41, 5.74) is 6.49. The van der Waals surface area contributed by atoms with Gasteiger partial charge in [0.2, 0.25) is 0 Å². The summed E-state index contributed by atoms with van der Waals surface area (Å²) in [6, 6.07) is 7.67. The normalized spacial score (nSPS) is 9.45. The molecule has 11 heavy (non-hydrogen) atoms. The van der Waals surface area contributed by atoms with Gasteiger partial charge < -0.3 is 5.73 Å². The van der Waals surface area contributed by atoms with Crippen LogP contribution in [0.2, 0.25) is 0 Å². The van der Waals surface area contributed by atoms with Crippen LogP contribution in [0, 0.1) is 0 Å². The molecule has 2 aromatic heterocycles. The van der Waals surface area contributed by atoms with E-state index in [-0.39, 0.29) is 12.4 Å². The average Bonchev–Trinajstić information content (AvgIpc) is 2.27. The van der Waals surface area contributed by atoms with E-state index < -0.39 is 0 Å².